The molecule has 2 amide bonds. The number of likely N-dealkylation sites (tertiary alicyclic amines) is 2. The summed E-state index contributed by atoms with van der Waals surface area (Å²) in [5, 5.41) is 0. The van der Waals surface area contributed by atoms with Gasteiger partial charge in [0, 0.05) is 39.1 Å². The van der Waals surface area contributed by atoms with Crippen molar-refractivity contribution in [1.82, 2.24) is 24.1 Å². The van der Waals surface area contributed by atoms with E-state index in [0.717, 1.165) is 43.6 Å². The Morgan fingerprint density at radius 1 is 1.31 bits per heavy atom. The molecule has 2 saturated heterocycles. The summed E-state index contributed by atoms with van der Waals surface area (Å²) in [6, 6.07) is 3.84. The first-order chi connectivity index (χ1) is 13.9. The van der Waals surface area contributed by atoms with Crippen molar-refractivity contribution in [3.63, 3.8) is 0 Å². The molecular formula is C22H31N5O2. The molecule has 0 bridgehead atoms. The summed E-state index contributed by atoms with van der Waals surface area (Å²) in [7, 11) is 3.95. The number of hydrogen-bond donors (Lipinski definition) is 0. The fraction of sp³-hybridized carbons (Fsp3) is 0.591. The number of aryl methyl sites for hydroxylation is 1. The van der Waals surface area contributed by atoms with Gasteiger partial charge in [0.2, 0.25) is 5.91 Å². The van der Waals surface area contributed by atoms with Crippen LogP contribution in [0.3, 0.4) is 0 Å². The Labute approximate surface area is 172 Å². The smallest absolute Gasteiger partial charge is 0.274 e. The molecule has 2 aliphatic heterocycles. The van der Waals surface area contributed by atoms with E-state index in [2.05, 4.69) is 16.9 Å². The van der Waals surface area contributed by atoms with Gasteiger partial charge in [0.25, 0.3) is 5.91 Å². The molecule has 0 saturated carbocycles. The fourth-order valence-electron chi connectivity index (χ4n) is 5.05. The molecular weight excluding hydrogens is 366 g/mol. The third kappa shape index (κ3) is 3.21. The summed E-state index contributed by atoms with van der Waals surface area (Å²) < 4.78 is 1.91. The highest BCUT2D eigenvalue weighted by atomic mass is 16.2. The Morgan fingerprint density at radius 2 is 2.10 bits per heavy atom. The lowest BCUT2D eigenvalue weighted by atomic mass is 9.67. The average Bonchev–Trinajstić information content (AvgIpc) is 3.17. The molecule has 0 aromatic carbocycles. The highest BCUT2D eigenvalue weighted by molar-refractivity contribution is 5.94. The molecule has 4 rings (SSSR count). The highest BCUT2D eigenvalue weighted by Crippen LogP contribution is 2.44. The average molecular weight is 398 g/mol. The van der Waals surface area contributed by atoms with Gasteiger partial charge in [0.05, 0.1) is 11.5 Å². The highest BCUT2D eigenvalue weighted by Gasteiger charge is 2.54. The molecule has 0 N–H and O–H groups in total. The number of likely N-dealkylation sites (N-methyl/N-ethyl adjacent to an activating group) is 1. The number of piperidine rings is 2. The maximum atomic E-state index is 13.6. The van der Waals surface area contributed by atoms with E-state index in [-0.39, 0.29) is 17.9 Å². The van der Waals surface area contributed by atoms with Gasteiger partial charge in [-0.2, -0.15) is 0 Å². The van der Waals surface area contributed by atoms with Crippen LogP contribution in [0.4, 0.5) is 0 Å². The second-order valence-electron chi connectivity index (χ2n) is 8.65. The van der Waals surface area contributed by atoms with E-state index >= 15 is 0 Å². The minimum absolute atomic E-state index is 0.0653. The van der Waals surface area contributed by atoms with Gasteiger partial charge in [-0.15, -0.1) is 0 Å². The number of imidazole rings is 1. The normalized spacial score (nSPS) is 25.1. The molecule has 156 valence electrons. The third-order valence-corrected chi connectivity index (χ3v) is 6.87. The number of carbonyl (C=O) groups excluding carboxylic acids is 2. The number of rotatable bonds is 3. The fourth-order valence-corrected chi connectivity index (χ4v) is 5.05. The zero-order valence-electron chi connectivity index (χ0n) is 17.9. The molecule has 2 aromatic heterocycles. The van der Waals surface area contributed by atoms with Crippen LogP contribution in [0.25, 0.3) is 5.65 Å². The molecule has 7 heteroatoms. The van der Waals surface area contributed by atoms with Gasteiger partial charge in [-0.05, 0) is 58.3 Å². The van der Waals surface area contributed by atoms with E-state index in [1.807, 2.05) is 59.6 Å². The van der Waals surface area contributed by atoms with E-state index in [1.165, 1.54) is 0 Å². The molecule has 2 aromatic rings. The number of aromatic nitrogens is 2. The predicted octanol–water partition coefficient (Wildman–Crippen LogP) is 2.05. The van der Waals surface area contributed by atoms with Gasteiger partial charge in [-0.1, -0.05) is 6.07 Å². The summed E-state index contributed by atoms with van der Waals surface area (Å²) in [6.45, 7) is 6.97. The topological polar surface area (TPSA) is 61.2 Å². The van der Waals surface area contributed by atoms with Gasteiger partial charge < -0.3 is 19.1 Å². The van der Waals surface area contributed by atoms with E-state index in [9.17, 15) is 9.59 Å². The molecule has 2 fully saturated rings. The lowest BCUT2D eigenvalue weighted by molar-refractivity contribution is -0.152. The Bertz CT molecular complexity index is 938. The number of carbonyl (C=O) groups is 2. The zero-order valence-corrected chi connectivity index (χ0v) is 17.9. The van der Waals surface area contributed by atoms with Crippen LogP contribution in [0.2, 0.25) is 0 Å². The molecule has 2 atom stereocenters. The standard InChI is InChI=1S/C22H31N5O2/c1-5-25(4)21(29)22-9-7-12-27(18(22)15-24(3)13-10-22)20(28)17-14-26-11-6-8-16(2)19(26)23-17/h6,8,11,14,18H,5,7,9-10,12-13,15H2,1-4H3/t18-,22+/m0/s1. The molecule has 7 nitrogen and oxygen atoms in total. The number of pyridine rings is 1. The van der Waals surface area contributed by atoms with Crippen molar-refractivity contribution in [2.45, 2.75) is 39.2 Å². The van der Waals surface area contributed by atoms with E-state index < -0.39 is 5.41 Å². The number of nitrogens with zero attached hydrogens (tertiary/aromatic N) is 5. The third-order valence-electron chi connectivity index (χ3n) is 6.87. The van der Waals surface area contributed by atoms with Crippen molar-refractivity contribution in [2.75, 3.05) is 40.3 Å². The van der Waals surface area contributed by atoms with Crippen molar-refractivity contribution < 1.29 is 9.59 Å². The molecule has 0 spiro atoms. The van der Waals surface area contributed by atoms with Crippen LogP contribution in [0, 0.1) is 12.3 Å². The van der Waals surface area contributed by atoms with Gasteiger partial charge in [-0.25, -0.2) is 4.98 Å². The quantitative estimate of drug-likeness (QED) is 0.795. The second kappa shape index (κ2) is 7.44. The summed E-state index contributed by atoms with van der Waals surface area (Å²) in [6.07, 6.45) is 6.23. The molecule has 0 aliphatic carbocycles. The lowest BCUT2D eigenvalue weighted by Gasteiger charge is -2.54. The Balaban J connectivity index is 1.71. The SMILES string of the molecule is CCN(C)C(=O)[C@@]12CCCN(C(=O)c3cn4cccc(C)c4n3)[C@H]1CN(C)CC2. The van der Waals surface area contributed by atoms with Crippen LogP contribution in [0.15, 0.2) is 24.5 Å². The van der Waals surface area contributed by atoms with Crippen LogP contribution in [0.5, 0.6) is 0 Å². The molecule has 0 radical (unpaired) electrons. The predicted molar refractivity (Wildman–Crippen MR) is 112 cm³/mol. The minimum Gasteiger partial charge on any atom is -0.345 e. The number of fused-ring (bicyclic) bond motifs is 2. The van der Waals surface area contributed by atoms with Crippen molar-refractivity contribution in [2.24, 2.45) is 5.41 Å². The van der Waals surface area contributed by atoms with Crippen LogP contribution in [0.1, 0.15) is 42.2 Å². The number of hydrogen-bond acceptors (Lipinski definition) is 4. The minimum atomic E-state index is -0.486. The Kier molecular flexibility index (Phi) is 5.11. The van der Waals surface area contributed by atoms with Gasteiger partial charge in [0.1, 0.15) is 11.3 Å². The van der Waals surface area contributed by atoms with Crippen molar-refractivity contribution >= 4 is 17.5 Å². The van der Waals surface area contributed by atoms with E-state index in [4.69, 9.17) is 0 Å². The van der Waals surface area contributed by atoms with Gasteiger partial charge in [0.15, 0.2) is 0 Å². The summed E-state index contributed by atoms with van der Waals surface area (Å²) in [4.78, 5) is 37.6. The molecule has 29 heavy (non-hydrogen) atoms. The van der Waals surface area contributed by atoms with Crippen molar-refractivity contribution in [1.29, 1.82) is 0 Å². The monoisotopic (exact) mass is 397 g/mol. The Hall–Kier alpha value is -2.41. The van der Waals surface area contributed by atoms with E-state index in [1.54, 1.807) is 0 Å². The number of amides is 2. The first kappa shape index (κ1) is 19.9. The molecule has 0 unspecified atom stereocenters. The molecule has 2 aliphatic rings. The first-order valence-electron chi connectivity index (χ1n) is 10.6. The van der Waals surface area contributed by atoms with Crippen LogP contribution in [-0.4, -0.2) is 82.2 Å². The van der Waals surface area contributed by atoms with Crippen LogP contribution in [-0.2, 0) is 4.79 Å². The van der Waals surface area contributed by atoms with Crippen LogP contribution < -0.4 is 0 Å². The summed E-state index contributed by atoms with van der Waals surface area (Å²) in [5.41, 5.74) is 1.82. The Morgan fingerprint density at radius 3 is 2.83 bits per heavy atom. The maximum Gasteiger partial charge on any atom is 0.274 e. The summed E-state index contributed by atoms with van der Waals surface area (Å²) in [5.74, 6) is 0.117. The van der Waals surface area contributed by atoms with Crippen molar-refractivity contribution in [3.8, 4) is 0 Å². The summed E-state index contributed by atoms with van der Waals surface area (Å²) >= 11 is 0. The lowest BCUT2D eigenvalue weighted by Crippen LogP contribution is -2.66. The van der Waals surface area contributed by atoms with Gasteiger partial charge >= 0.3 is 0 Å². The van der Waals surface area contributed by atoms with E-state index in [0.29, 0.717) is 18.8 Å². The second-order valence-corrected chi connectivity index (χ2v) is 8.65. The molecule has 4 heterocycles. The van der Waals surface area contributed by atoms with Crippen molar-refractivity contribution in [3.05, 3.63) is 35.8 Å². The zero-order chi connectivity index (χ0) is 20.8. The first-order valence-corrected chi connectivity index (χ1v) is 10.6. The van der Waals surface area contributed by atoms with Crippen LogP contribution >= 0.6 is 0 Å². The van der Waals surface area contributed by atoms with Gasteiger partial charge in [-0.3, -0.25) is 9.59 Å². The largest absolute Gasteiger partial charge is 0.345 e. The maximum absolute atomic E-state index is 13.6.